The van der Waals surface area contributed by atoms with Gasteiger partial charge in [-0.25, -0.2) is 0 Å². The van der Waals surface area contributed by atoms with Gasteiger partial charge in [-0.15, -0.1) is 0 Å². The van der Waals surface area contributed by atoms with Crippen molar-refractivity contribution in [1.82, 2.24) is 15.5 Å². The molecule has 0 bridgehead atoms. The van der Waals surface area contributed by atoms with E-state index in [1.165, 1.54) is 0 Å². The van der Waals surface area contributed by atoms with Crippen molar-refractivity contribution < 1.29 is 14.7 Å². The number of benzene rings is 1. The molecule has 0 spiro atoms. The first kappa shape index (κ1) is 11.7. The van der Waals surface area contributed by atoms with E-state index in [0.717, 1.165) is 10.9 Å². The summed E-state index contributed by atoms with van der Waals surface area (Å²) in [5.41, 5.74) is 0.325. The number of H-pyrrole nitrogens is 1. The normalized spacial score (nSPS) is 16.2. The summed E-state index contributed by atoms with van der Waals surface area (Å²) in [5, 5.41) is 19.2. The highest BCUT2D eigenvalue weighted by Gasteiger charge is 2.50. The molecular formula is C13H13N3O3. The molecule has 0 saturated heterocycles. The number of hydrogen-bond acceptors (Lipinski definition) is 3. The van der Waals surface area contributed by atoms with E-state index in [4.69, 9.17) is 5.11 Å². The fraction of sp³-hybridized carbons (Fsp3) is 0.308. The van der Waals surface area contributed by atoms with Gasteiger partial charge < -0.3 is 10.4 Å². The van der Waals surface area contributed by atoms with E-state index in [2.05, 4.69) is 15.5 Å². The summed E-state index contributed by atoms with van der Waals surface area (Å²) < 4.78 is 0. The van der Waals surface area contributed by atoms with Crippen molar-refractivity contribution in [2.45, 2.75) is 12.8 Å². The van der Waals surface area contributed by atoms with Gasteiger partial charge in [-0.05, 0) is 18.9 Å². The van der Waals surface area contributed by atoms with Gasteiger partial charge >= 0.3 is 5.97 Å². The number of aromatic amines is 1. The SMILES string of the molecule is O=C(NCC1(C(=O)O)CC1)c1n[nH]c2ccccc12. The summed E-state index contributed by atoms with van der Waals surface area (Å²) in [6.07, 6.45) is 1.23. The highest BCUT2D eigenvalue weighted by atomic mass is 16.4. The fourth-order valence-electron chi connectivity index (χ4n) is 2.09. The molecule has 1 aliphatic carbocycles. The van der Waals surface area contributed by atoms with Crippen LogP contribution in [0, 0.1) is 5.41 Å². The lowest BCUT2D eigenvalue weighted by molar-refractivity contribution is -0.143. The first-order valence-corrected chi connectivity index (χ1v) is 6.07. The summed E-state index contributed by atoms with van der Waals surface area (Å²) in [5.74, 6) is -1.19. The monoisotopic (exact) mass is 259 g/mol. The highest BCUT2D eigenvalue weighted by Crippen LogP contribution is 2.45. The Morgan fingerprint density at radius 3 is 2.79 bits per heavy atom. The van der Waals surface area contributed by atoms with Gasteiger partial charge in [0.05, 0.1) is 10.9 Å². The van der Waals surface area contributed by atoms with Gasteiger partial charge in [0.2, 0.25) is 0 Å². The molecule has 1 amide bonds. The van der Waals surface area contributed by atoms with E-state index in [-0.39, 0.29) is 12.5 Å². The van der Waals surface area contributed by atoms with Crippen LogP contribution in [-0.4, -0.2) is 33.7 Å². The fourth-order valence-corrected chi connectivity index (χ4v) is 2.09. The van der Waals surface area contributed by atoms with Crippen LogP contribution >= 0.6 is 0 Å². The topological polar surface area (TPSA) is 95.1 Å². The number of aromatic nitrogens is 2. The lowest BCUT2D eigenvalue weighted by atomic mass is 10.1. The number of fused-ring (bicyclic) bond motifs is 1. The Labute approximate surface area is 108 Å². The maximum atomic E-state index is 12.0. The Balaban J connectivity index is 1.76. The van der Waals surface area contributed by atoms with Crippen molar-refractivity contribution in [2.75, 3.05) is 6.54 Å². The van der Waals surface area contributed by atoms with Crippen LogP contribution < -0.4 is 5.32 Å². The number of carboxylic acid groups (broad SMARTS) is 1. The van der Waals surface area contributed by atoms with Crippen LogP contribution in [0.3, 0.4) is 0 Å². The van der Waals surface area contributed by atoms with Crippen molar-refractivity contribution in [3.63, 3.8) is 0 Å². The Kier molecular flexibility index (Phi) is 2.51. The molecule has 6 heteroatoms. The number of para-hydroxylation sites is 1. The van der Waals surface area contributed by atoms with Crippen molar-refractivity contribution in [2.24, 2.45) is 5.41 Å². The van der Waals surface area contributed by atoms with Crippen molar-refractivity contribution in [3.05, 3.63) is 30.0 Å². The molecule has 1 aromatic heterocycles. The van der Waals surface area contributed by atoms with Crippen LogP contribution in [0.1, 0.15) is 23.3 Å². The molecule has 1 heterocycles. The molecule has 2 aromatic rings. The van der Waals surface area contributed by atoms with Gasteiger partial charge in [-0.1, -0.05) is 18.2 Å². The van der Waals surface area contributed by atoms with Crippen LogP contribution in [0.25, 0.3) is 10.9 Å². The molecule has 0 aliphatic heterocycles. The summed E-state index contributed by atoms with van der Waals surface area (Å²) in [7, 11) is 0. The molecule has 0 atom stereocenters. The second-order valence-corrected chi connectivity index (χ2v) is 4.89. The molecule has 1 fully saturated rings. The molecule has 1 aromatic carbocycles. The number of carbonyl (C=O) groups excluding carboxylic acids is 1. The second kappa shape index (κ2) is 4.08. The van der Waals surface area contributed by atoms with Gasteiger partial charge in [-0.2, -0.15) is 5.10 Å². The van der Waals surface area contributed by atoms with E-state index in [9.17, 15) is 9.59 Å². The van der Waals surface area contributed by atoms with Gasteiger partial charge in [0.1, 0.15) is 0 Å². The van der Waals surface area contributed by atoms with Crippen LogP contribution in [-0.2, 0) is 4.79 Å². The minimum Gasteiger partial charge on any atom is -0.481 e. The molecule has 6 nitrogen and oxygen atoms in total. The van der Waals surface area contributed by atoms with Crippen molar-refractivity contribution >= 4 is 22.8 Å². The molecule has 19 heavy (non-hydrogen) atoms. The zero-order valence-electron chi connectivity index (χ0n) is 10.1. The third-order valence-corrected chi connectivity index (χ3v) is 3.58. The predicted molar refractivity (Wildman–Crippen MR) is 67.7 cm³/mol. The number of nitrogens with one attached hydrogen (secondary N) is 2. The summed E-state index contributed by atoms with van der Waals surface area (Å²) in [4.78, 5) is 23.1. The molecule has 98 valence electrons. The Bertz CT molecular complexity index is 658. The lowest BCUT2D eigenvalue weighted by Gasteiger charge is -2.10. The second-order valence-electron chi connectivity index (χ2n) is 4.89. The minimum absolute atomic E-state index is 0.155. The number of carbonyl (C=O) groups is 2. The number of rotatable bonds is 4. The Morgan fingerprint density at radius 2 is 2.11 bits per heavy atom. The van der Waals surface area contributed by atoms with Gasteiger partial charge in [0.15, 0.2) is 5.69 Å². The van der Waals surface area contributed by atoms with Crippen LogP contribution in [0.2, 0.25) is 0 Å². The number of hydrogen-bond donors (Lipinski definition) is 3. The summed E-state index contributed by atoms with van der Waals surface area (Å²) in [6.45, 7) is 0.155. The predicted octanol–water partition coefficient (Wildman–Crippen LogP) is 1.16. The smallest absolute Gasteiger partial charge is 0.311 e. The van der Waals surface area contributed by atoms with Crippen LogP contribution in [0.4, 0.5) is 0 Å². The average molecular weight is 259 g/mol. The first-order valence-electron chi connectivity index (χ1n) is 6.07. The molecule has 3 rings (SSSR count). The quantitative estimate of drug-likeness (QED) is 0.767. The number of aliphatic carboxylic acids is 1. The number of carboxylic acids is 1. The zero-order valence-corrected chi connectivity index (χ0v) is 10.1. The summed E-state index contributed by atoms with van der Waals surface area (Å²) >= 11 is 0. The largest absolute Gasteiger partial charge is 0.481 e. The third-order valence-electron chi connectivity index (χ3n) is 3.58. The average Bonchev–Trinajstić information content (AvgIpc) is 3.09. The first-order chi connectivity index (χ1) is 9.12. The molecule has 1 aliphatic rings. The van der Waals surface area contributed by atoms with Crippen molar-refractivity contribution in [1.29, 1.82) is 0 Å². The maximum Gasteiger partial charge on any atom is 0.311 e. The molecule has 0 radical (unpaired) electrons. The Hall–Kier alpha value is -2.37. The standard InChI is InChI=1S/C13H13N3O3/c17-11(14-7-13(5-6-13)12(18)19)10-8-3-1-2-4-9(8)15-16-10/h1-4H,5-7H2,(H,14,17)(H,15,16)(H,18,19). The zero-order chi connectivity index (χ0) is 13.5. The summed E-state index contributed by atoms with van der Waals surface area (Å²) in [6, 6.07) is 7.32. The van der Waals surface area contributed by atoms with Gasteiger partial charge in [0.25, 0.3) is 5.91 Å². The van der Waals surface area contributed by atoms with Crippen LogP contribution in [0.15, 0.2) is 24.3 Å². The molecule has 0 unspecified atom stereocenters. The molecule has 3 N–H and O–H groups in total. The van der Waals surface area contributed by atoms with Gasteiger partial charge in [-0.3, -0.25) is 14.7 Å². The lowest BCUT2D eigenvalue weighted by Crippen LogP contribution is -2.34. The molecular weight excluding hydrogens is 246 g/mol. The number of nitrogens with zero attached hydrogens (tertiary/aromatic N) is 1. The van der Waals surface area contributed by atoms with E-state index in [0.29, 0.717) is 18.5 Å². The van der Waals surface area contributed by atoms with E-state index < -0.39 is 11.4 Å². The van der Waals surface area contributed by atoms with E-state index >= 15 is 0 Å². The van der Waals surface area contributed by atoms with Crippen LogP contribution in [0.5, 0.6) is 0 Å². The highest BCUT2D eigenvalue weighted by molar-refractivity contribution is 6.04. The number of amides is 1. The maximum absolute atomic E-state index is 12.0. The van der Waals surface area contributed by atoms with E-state index in [1.54, 1.807) is 6.07 Å². The Morgan fingerprint density at radius 1 is 1.37 bits per heavy atom. The third kappa shape index (κ3) is 1.95. The van der Waals surface area contributed by atoms with E-state index in [1.807, 2.05) is 18.2 Å². The minimum atomic E-state index is -0.848. The van der Waals surface area contributed by atoms with Crippen molar-refractivity contribution in [3.8, 4) is 0 Å². The molecule has 1 saturated carbocycles. The van der Waals surface area contributed by atoms with Gasteiger partial charge in [0, 0.05) is 11.9 Å².